The van der Waals surface area contributed by atoms with E-state index in [1.807, 2.05) is 0 Å². The Labute approximate surface area is 204 Å². The molecule has 5 rings (SSSR count). The third-order valence-electron chi connectivity index (χ3n) is 7.70. The molecule has 8 nitrogen and oxygen atoms in total. The van der Waals surface area contributed by atoms with Gasteiger partial charge in [0, 0.05) is 24.5 Å². The van der Waals surface area contributed by atoms with E-state index in [9.17, 15) is 32.0 Å². The van der Waals surface area contributed by atoms with Gasteiger partial charge in [-0.1, -0.05) is 0 Å². The number of halogens is 3. The van der Waals surface area contributed by atoms with Crippen LogP contribution < -0.4 is 9.73 Å². The molecule has 12 heteroatoms. The predicted octanol–water partition coefficient (Wildman–Crippen LogP) is 4.15. The Morgan fingerprint density at radius 1 is 1.14 bits per heavy atom. The van der Waals surface area contributed by atoms with Crippen LogP contribution in [0.1, 0.15) is 67.3 Å². The van der Waals surface area contributed by atoms with E-state index in [1.54, 1.807) is 0 Å². The number of rotatable bonds is 5. The average molecular weight is 510 g/mol. The third kappa shape index (κ3) is 5.01. The van der Waals surface area contributed by atoms with E-state index in [4.69, 9.17) is 5.26 Å². The van der Waals surface area contributed by atoms with Gasteiger partial charge < -0.3 is 5.32 Å². The second kappa shape index (κ2) is 9.41. The summed E-state index contributed by atoms with van der Waals surface area (Å²) in [6.07, 6.45) is -0.359. The molecular weight excluding hydrogens is 483 g/mol. The summed E-state index contributed by atoms with van der Waals surface area (Å²) in [6.45, 7) is 0.486. The van der Waals surface area contributed by atoms with Gasteiger partial charge in [-0.3, -0.25) is 9.35 Å². The first kappa shape index (κ1) is 25.4. The minimum atomic E-state index is -4.71. The number of fused-ring (bicyclic) bond motifs is 3. The minimum absolute atomic E-state index is 0.110. The second-order valence-electron chi connectivity index (χ2n) is 9.72. The highest BCUT2D eigenvalue weighted by Crippen LogP contribution is 2.52. The Morgan fingerprint density at radius 2 is 1.74 bits per heavy atom. The number of hydrogen-bond acceptors (Lipinski definition) is 5. The summed E-state index contributed by atoms with van der Waals surface area (Å²) in [5.41, 5.74) is -2.50. The van der Waals surface area contributed by atoms with Gasteiger partial charge in [0.25, 0.3) is 17.2 Å². The molecule has 3 saturated carbocycles. The fourth-order valence-electron chi connectivity index (χ4n) is 5.42. The number of hydrazine groups is 1. The standard InChI is InChI=1S/C23H26F3N5O3S/c24-23(25,26)17-1-2-19(31(35(33)34)30-11-3-16(14-27)4-12-30)18(13-17)20(32)29-22-8-5-21(15-28,6-9-22)7-10-22/h1-2,13,16H,3-12H2,(H,29,32)(H,33,34). The van der Waals surface area contributed by atoms with Crippen molar-refractivity contribution in [2.24, 2.45) is 11.3 Å². The van der Waals surface area contributed by atoms with Crippen LogP contribution in [0.3, 0.4) is 0 Å². The monoisotopic (exact) mass is 509 g/mol. The Kier molecular flexibility index (Phi) is 6.84. The lowest BCUT2D eigenvalue weighted by Crippen LogP contribution is -2.56. The molecule has 0 spiro atoms. The number of benzene rings is 1. The molecule has 1 aromatic carbocycles. The summed E-state index contributed by atoms with van der Waals surface area (Å²) in [5.74, 6) is -0.965. The molecule has 1 heterocycles. The van der Waals surface area contributed by atoms with E-state index in [0.717, 1.165) is 16.5 Å². The van der Waals surface area contributed by atoms with Crippen molar-refractivity contribution in [3.05, 3.63) is 29.3 Å². The zero-order chi connectivity index (χ0) is 25.4. The number of nitriles is 2. The normalized spacial score (nSPS) is 28.1. The molecule has 0 aromatic heterocycles. The maximum Gasteiger partial charge on any atom is 0.416 e. The molecule has 2 bridgehead atoms. The Morgan fingerprint density at radius 3 is 2.23 bits per heavy atom. The van der Waals surface area contributed by atoms with E-state index in [-0.39, 0.29) is 30.3 Å². The van der Waals surface area contributed by atoms with Gasteiger partial charge in [0.05, 0.1) is 34.4 Å². The maximum atomic E-state index is 13.5. The van der Waals surface area contributed by atoms with Crippen LogP contribution >= 0.6 is 0 Å². The fraction of sp³-hybridized carbons (Fsp3) is 0.609. The zero-order valence-corrected chi connectivity index (χ0v) is 19.8. The molecule has 0 radical (unpaired) electrons. The number of alkyl halides is 3. The van der Waals surface area contributed by atoms with Crippen LogP contribution in [-0.4, -0.2) is 38.3 Å². The minimum Gasteiger partial charge on any atom is -0.347 e. The van der Waals surface area contributed by atoms with Gasteiger partial charge in [0.2, 0.25) is 0 Å². The molecule has 4 fully saturated rings. The topological polar surface area (TPSA) is 120 Å². The van der Waals surface area contributed by atoms with Crippen molar-refractivity contribution < 1.29 is 26.7 Å². The zero-order valence-electron chi connectivity index (χ0n) is 19.0. The first-order chi connectivity index (χ1) is 16.5. The van der Waals surface area contributed by atoms with Crippen molar-refractivity contribution in [1.82, 2.24) is 10.3 Å². The van der Waals surface area contributed by atoms with Crippen molar-refractivity contribution in [2.75, 3.05) is 17.5 Å². The molecule has 1 amide bonds. The van der Waals surface area contributed by atoms with Crippen LogP contribution in [0.4, 0.5) is 18.9 Å². The lowest BCUT2D eigenvalue weighted by Gasteiger charge is -2.50. The van der Waals surface area contributed by atoms with Gasteiger partial charge >= 0.3 is 6.18 Å². The molecule has 1 aliphatic heterocycles. The van der Waals surface area contributed by atoms with Crippen LogP contribution in [-0.2, 0) is 17.4 Å². The summed E-state index contributed by atoms with van der Waals surface area (Å²) >= 11 is -2.66. The van der Waals surface area contributed by atoms with Crippen LogP contribution in [0.25, 0.3) is 0 Å². The largest absolute Gasteiger partial charge is 0.416 e. The molecule has 35 heavy (non-hydrogen) atoms. The predicted molar refractivity (Wildman–Crippen MR) is 121 cm³/mol. The van der Waals surface area contributed by atoms with Gasteiger partial charge in [-0.2, -0.15) is 28.1 Å². The number of anilines is 1. The lowest BCUT2D eigenvalue weighted by molar-refractivity contribution is -0.137. The molecule has 1 aromatic rings. The molecule has 188 valence electrons. The molecule has 1 saturated heterocycles. The second-order valence-corrected chi connectivity index (χ2v) is 10.5. The number of carbonyl (C=O) groups is 1. The quantitative estimate of drug-likeness (QED) is 0.576. The number of nitrogens with zero attached hydrogens (tertiary/aromatic N) is 4. The Hall–Kier alpha value is -2.67. The van der Waals surface area contributed by atoms with Crippen LogP contribution in [0.5, 0.6) is 0 Å². The van der Waals surface area contributed by atoms with Gasteiger partial charge in [-0.15, -0.1) is 0 Å². The van der Waals surface area contributed by atoms with Crippen molar-refractivity contribution in [3.8, 4) is 12.1 Å². The molecule has 4 aliphatic rings. The first-order valence-corrected chi connectivity index (χ1v) is 12.6. The highest BCUT2D eigenvalue weighted by atomic mass is 32.2. The highest BCUT2D eigenvalue weighted by molar-refractivity contribution is 7.80. The number of piperidine rings is 1. The van der Waals surface area contributed by atoms with Crippen LogP contribution in [0.15, 0.2) is 18.2 Å². The van der Waals surface area contributed by atoms with Crippen molar-refractivity contribution in [3.63, 3.8) is 0 Å². The number of amides is 1. The average Bonchev–Trinajstić information content (AvgIpc) is 2.85. The van der Waals surface area contributed by atoms with Gasteiger partial charge in [0.1, 0.15) is 0 Å². The molecule has 3 aliphatic carbocycles. The van der Waals surface area contributed by atoms with Gasteiger partial charge in [-0.05, 0) is 69.6 Å². The third-order valence-corrected chi connectivity index (χ3v) is 8.42. The summed E-state index contributed by atoms with van der Waals surface area (Å²) in [5, 5.41) is 23.0. The number of hydrogen-bond donors (Lipinski definition) is 2. The molecule has 1 atom stereocenters. The first-order valence-electron chi connectivity index (χ1n) is 11.5. The van der Waals surface area contributed by atoms with E-state index >= 15 is 0 Å². The number of nitrogens with one attached hydrogen (secondary N) is 1. The van der Waals surface area contributed by atoms with Crippen molar-refractivity contribution in [2.45, 2.75) is 63.1 Å². The maximum absolute atomic E-state index is 13.5. The smallest absolute Gasteiger partial charge is 0.347 e. The van der Waals surface area contributed by atoms with E-state index in [1.165, 1.54) is 5.01 Å². The lowest BCUT2D eigenvalue weighted by atomic mass is 9.58. The summed E-state index contributed by atoms with van der Waals surface area (Å²) in [6, 6.07) is 7.09. The summed E-state index contributed by atoms with van der Waals surface area (Å²) in [4.78, 5) is 13.4. The van der Waals surface area contributed by atoms with E-state index < -0.39 is 39.9 Å². The summed E-state index contributed by atoms with van der Waals surface area (Å²) < 4.78 is 63.9. The Balaban J connectivity index is 1.67. The van der Waals surface area contributed by atoms with E-state index in [2.05, 4.69) is 17.5 Å². The van der Waals surface area contributed by atoms with Crippen molar-refractivity contribution in [1.29, 1.82) is 10.5 Å². The Bertz CT molecular complexity index is 1080. The van der Waals surface area contributed by atoms with Crippen LogP contribution in [0.2, 0.25) is 0 Å². The highest BCUT2D eigenvalue weighted by Gasteiger charge is 2.50. The van der Waals surface area contributed by atoms with E-state index in [0.29, 0.717) is 57.4 Å². The van der Waals surface area contributed by atoms with Crippen LogP contribution in [0, 0.1) is 34.0 Å². The SMILES string of the molecule is N#CC1CCN(N(c2ccc(C(F)(F)F)cc2C(=O)NC23CCC(C#N)(CC2)CC3)S(=O)O)CC1. The molecule has 2 N–H and O–H groups in total. The van der Waals surface area contributed by atoms with Crippen molar-refractivity contribution >= 4 is 22.9 Å². The molecular formula is C23H26F3N5O3S. The fourth-order valence-corrected chi connectivity index (χ4v) is 6.11. The van der Waals surface area contributed by atoms with Gasteiger partial charge in [0.15, 0.2) is 0 Å². The molecule has 1 unspecified atom stereocenters. The summed E-state index contributed by atoms with van der Waals surface area (Å²) in [7, 11) is 0. The van der Waals surface area contributed by atoms with Gasteiger partial charge in [-0.25, -0.2) is 9.22 Å². The number of carbonyl (C=O) groups excluding carboxylic acids is 1.